The molecule has 0 radical (unpaired) electrons. The first-order valence-corrected chi connectivity index (χ1v) is 12.1. The molecule has 2 heterocycles. The first-order chi connectivity index (χ1) is 18.1. The van der Waals surface area contributed by atoms with Crippen molar-refractivity contribution in [2.24, 2.45) is 4.99 Å². The minimum absolute atomic E-state index is 0.255. The number of halogens is 1. The number of hydrogen-bond acceptors (Lipinski definition) is 5. The molecular weight excluding hydrogens is 471 g/mol. The highest BCUT2D eigenvalue weighted by Gasteiger charge is 2.39. The number of hydrogen-bond donors (Lipinski definition) is 2. The lowest BCUT2D eigenvalue weighted by atomic mass is 9.72. The molecule has 1 fully saturated rings. The fraction of sp³-hybridized carbons (Fsp3) is 0.286. The van der Waals surface area contributed by atoms with Crippen LogP contribution in [0.4, 0.5) is 4.39 Å². The molecule has 0 saturated carbocycles. The summed E-state index contributed by atoms with van der Waals surface area (Å²) >= 11 is 0. The van der Waals surface area contributed by atoms with Gasteiger partial charge in [-0.25, -0.2) is 4.39 Å². The molecule has 0 bridgehead atoms. The molecule has 0 spiro atoms. The number of benzene rings is 2. The molecule has 1 amide bonds. The van der Waals surface area contributed by atoms with Gasteiger partial charge in [0.1, 0.15) is 11.6 Å². The first-order valence-electron chi connectivity index (χ1n) is 12.1. The van der Waals surface area contributed by atoms with E-state index in [9.17, 15) is 10.1 Å². The van der Waals surface area contributed by atoms with E-state index in [-0.39, 0.29) is 18.3 Å². The summed E-state index contributed by atoms with van der Waals surface area (Å²) in [7, 11) is 1.52. The number of carbonyl (C=O) groups excluding carboxylic acids is 1. The van der Waals surface area contributed by atoms with Gasteiger partial charge in [-0.05, 0) is 48.7 Å². The van der Waals surface area contributed by atoms with Crippen molar-refractivity contribution in [1.29, 1.82) is 5.26 Å². The second-order valence-electron chi connectivity index (χ2n) is 8.84. The smallest absolute Gasteiger partial charge is 0.255 e. The fourth-order valence-corrected chi connectivity index (χ4v) is 4.70. The van der Waals surface area contributed by atoms with Gasteiger partial charge in [0.25, 0.3) is 5.91 Å². The van der Waals surface area contributed by atoms with E-state index in [1.807, 2.05) is 35.4 Å². The van der Waals surface area contributed by atoms with Gasteiger partial charge in [0, 0.05) is 31.2 Å². The molecule has 8 nitrogen and oxygen atoms in total. The van der Waals surface area contributed by atoms with Crippen molar-refractivity contribution in [1.82, 2.24) is 20.5 Å². The molecule has 4 rings (SSSR count). The number of methoxy groups -OCH3 is 1. The summed E-state index contributed by atoms with van der Waals surface area (Å²) in [5, 5.41) is 15.5. The Bertz CT molecular complexity index is 1280. The molecule has 37 heavy (non-hydrogen) atoms. The van der Waals surface area contributed by atoms with Gasteiger partial charge >= 0.3 is 0 Å². The van der Waals surface area contributed by atoms with E-state index in [0.29, 0.717) is 55.3 Å². The number of piperidine rings is 1. The maximum Gasteiger partial charge on any atom is 0.255 e. The zero-order chi connectivity index (χ0) is 26.1. The van der Waals surface area contributed by atoms with Crippen LogP contribution in [0.2, 0.25) is 0 Å². The van der Waals surface area contributed by atoms with Crippen molar-refractivity contribution in [3.8, 4) is 11.9 Å². The lowest BCUT2D eigenvalue weighted by Gasteiger charge is -2.43. The van der Waals surface area contributed by atoms with E-state index in [4.69, 9.17) is 4.74 Å². The lowest BCUT2D eigenvalue weighted by molar-refractivity contribution is 0.0928. The van der Waals surface area contributed by atoms with Crippen molar-refractivity contribution in [2.45, 2.75) is 24.8 Å². The summed E-state index contributed by atoms with van der Waals surface area (Å²) in [6, 6.07) is 19.3. The number of nitriles is 1. The number of guanidine groups is 1. The molecule has 190 valence electrons. The van der Waals surface area contributed by atoms with Crippen LogP contribution in [0.15, 0.2) is 77.9 Å². The normalized spacial score (nSPS) is 14.9. The maximum atomic E-state index is 15.0. The molecule has 1 saturated heterocycles. The van der Waals surface area contributed by atoms with Gasteiger partial charge in [-0.15, -0.1) is 4.99 Å². The van der Waals surface area contributed by atoms with E-state index in [1.54, 1.807) is 42.6 Å². The number of nitrogens with zero attached hydrogens (tertiary/aromatic N) is 4. The quantitative estimate of drug-likeness (QED) is 0.292. The number of aromatic nitrogens is 1. The van der Waals surface area contributed by atoms with Crippen LogP contribution in [-0.2, 0) is 12.0 Å². The van der Waals surface area contributed by atoms with E-state index in [2.05, 4.69) is 20.6 Å². The number of rotatable bonds is 7. The lowest BCUT2D eigenvalue weighted by Crippen LogP contribution is -2.53. The molecule has 9 heteroatoms. The highest BCUT2D eigenvalue weighted by Crippen LogP contribution is 2.37. The average Bonchev–Trinajstić information content (AvgIpc) is 2.95. The molecule has 1 aliphatic rings. The highest BCUT2D eigenvalue weighted by molar-refractivity contribution is 5.97. The standard InChI is InChI=1S/C28H29FN6O2/c1-37-25-12-5-2-9-22(25)26(36)33-19-28(23-10-3-4-11-24(23)29)13-16-35(17-14-28)27(34-20-30)32-18-21-8-6-7-15-31-21/h2-12,15H,13-14,16-19H2,1H3,(H,32,34)(H,33,36). The molecule has 0 aliphatic carbocycles. The second kappa shape index (κ2) is 12.0. The van der Waals surface area contributed by atoms with Gasteiger partial charge in [0.05, 0.1) is 24.9 Å². The monoisotopic (exact) mass is 500 g/mol. The van der Waals surface area contributed by atoms with Gasteiger partial charge < -0.3 is 20.3 Å². The summed E-state index contributed by atoms with van der Waals surface area (Å²) < 4.78 is 20.4. The Hall–Kier alpha value is -4.45. The van der Waals surface area contributed by atoms with Crippen LogP contribution in [0.25, 0.3) is 0 Å². The predicted octanol–water partition coefficient (Wildman–Crippen LogP) is 3.62. The van der Waals surface area contributed by atoms with Gasteiger partial charge in [0.15, 0.2) is 0 Å². The molecule has 2 N–H and O–H groups in total. The van der Waals surface area contributed by atoms with Crippen molar-refractivity contribution < 1.29 is 13.9 Å². The predicted molar refractivity (Wildman–Crippen MR) is 138 cm³/mol. The Labute approximate surface area is 215 Å². The molecule has 2 aromatic carbocycles. The number of pyridine rings is 1. The third-order valence-corrected chi connectivity index (χ3v) is 6.71. The number of likely N-dealkylation sites (tertiary alicyclic amines) is 1. The number of nitrogens with one attached hydrogen (secondary N) is 2. The van der Waals surface area contributed by atoms with Crippen LogP contribution in [-0.4, -0.2) is 48.5 Å². The van der Waals surface area contributed by atoms with Gasteiger partial charge in [0.2, 0.25) is 12.2 Å². The van der Waals surface area contributed by atoms with Crippen LogP contribution >= 0.6 is 0 Å². The van der Waals surface area contributed by atoms with E-state index >= 15 is 4.39 Å². The molecule has 0 unspecified atom stereocenters. The van der Waals surface area contributed by atoms with Crippen LogP contribution < -0.4 is 15.4 Å². The fourth-order valence-electron chi connectivity index (χ4n) is 4.70. The van der Waals surface area contributed by atoms with Crippen molar-refractivity contribution in [2.75, 3.05) is 26.7 Å². The summed E-state index contributed by atoms with van der Waals surface area (Å²) in [5.74, 6) is 0.348. The van der Waals surface area contributed by atoms with E-state index < -0.39 is 5.41 Å². The van der Waals surface area contributed by atoms with Crippen molar-refractivity contribution >= 4 is 11.9 Å². The number of para-hydroxylation sites is 1. The van der Waals surface area contributed by atoms with E-state index in [1.165, 1.54) is 13.2 Å². The van der Waals surface area contributed by atoms with Crippen LogP contribution in [0, 0.1) is 17.3 Å². The second-order valence-corrected chi connectivity index (χ2v) is 8.84. The molecule has 1 aromatic heterocycles. The van der Waals surface area contributed by atoms with Gasteiger partial charge in [-0.2, -0.15) is 5.26 Å². The zero-order valence-corrected chi connectivity index (χ0v) is 20.7. The summed E-state index contributed by atoms with van der Waals surface area (Å²) in [4.78, 5) is 23.3. The zero-order valence-electron chi connectivity index (χ0n) is 20.7. The minimum Gasteiger partial charge on any atom is -0.496 e. The Morgan fingerprint density at radius 3 is 2.54 bits per heavy atom. The Morgan fingerprint density at radius 2 is 1.84 bits per heavy atom. The van der Waals surface area contributed by atoms with Gasteiger partial charge in [-0.3, -0.25) is 9.78 Å². The SMILES string of the molecule is COc1ccccc1C(=O)NCC1(c2ccccc2F)CCN(/C(=N/C#N)NCc2ccccn2)CC1. The third kappa shape index (κ3) is 6.04. The van der Waals surface area contributed by atoms with Gasteiger partial charge in [-0.1, -0.05) is 36.4 Å². The topological polar surface area (TPSA) is 103 Å². The average molecular weight is 501 g/mol. The third-order valence-electron chi connectivity index (χ3n) is 6.71. The Kier molecular flexibility index (Phi) is 8.31. The molecule has 0 atom stereocenters. The molecule has 3 aromatic rings. The van der Waals surface area contributed by atoms with Crippen LogP contribution in [0.3, 0.4) is 0 Å². The highest BCUT2D eigenvalue weighted by atomic mass is 19.1. The number of amides is 1. The van der Waals surface area contributed by atoms with Crippen molar-refractivity contribution in [3.05, 3.63) is 95.6 Å². The molecule has 1 aliphatic heterocycles. The number of aliphatic imine (C=N–C) groups is 1. The minimum atomic E-state index is -0.627. The van der Waals surface area contributed by atoms with Crippen LogP contribution in [0.1, 0.15) is 34.5 Å². The summed E-state index contributed by atoms with van der Waals surface area (Å²) in [5.41, 5.74) is 1.19. The summed E-state index contributed by atoms with van der Waals surface area (Å²) in [6.45, 7) is 1.72. The van der Waals surface area contributed by atoms with Crippen molar-refractivity contribution in [3.63, 3.8) is 0 Å². The first kappa shape index (κ1) is 25.6. The molecular formula is C28H29FN6O2. The van der Waals surface area contributed by atoms with Crippen LogP contribution in [0.5, 0.6) is 5.75 Å². The Balaban J connectivity index is 1.51. The maximum absolute atomic E-state index is 15.0. The van der Waals surface area contributed by atoms with E-state index in [0.717, 1.165) is 5.69 Å². The number of ether oxygens (including phenoxy) is 1. The Morgan fingerprint density at radius 1 is 1.11 bits per heavy atom. The largest absolute Gasteiger partial charge is 0.496 e. The number of carbonyl (C=O) groups is 1. The summed E-state index contributed by atoms with van der Waals surface area (Å²) in [6.07, 6.45) is 4.68.